The van der Waals surface area contributed by atoms with E-state index in [9.17, 15) is 9.59 Å². The molecule has 1 amide bonds. The van der Waals surface area contributed by atoms with Crippen LogP contribution in [-0.2, 0) is 9.59 Å². The van der Waals surface area contributed by atoms with Gasteiger partial charge >= 0.3 is 5.97 Å². The predicted octanol–water partition coefficient (Wildman–Crippen LogP) is 9.03. The van der Waals surface area contributed by atoms with Crippen molar-refractivity contribution in [1.82, 2.24) is 15.1 Å². The Labute approximate surface area is 350 Å². The minimum absolute atomic E-state index is 0.130. The van der Waals surface area contributed by atoms with Crippen molar-refractivity contribution < 1.29 is 14.7 Å². The van der Waals surface area contributed by atoms with E-state index in [0.717, 1.165) is 76.5 Å². The number of piperazine rings is 2. The number of nitrogens with one attached hydrogen (secondary N) is 1. The second kappa shape index (κ2) is 21.1. The van der Waals surface area contributed by atoms with Gasteiger partial charge in [-0.2, -0.15) is 0 Å². The van der Waals surface area contributed by atoms with E-state index in [0.29, 0.717) is 17.9 Å². The number of amides is 1. The standard InChI is InChI=1S/C44H65N5O.C6H8O2/c1-34-6-3-8-40(32-34)48-28-24-46(25-29-48)22-20-36-12-16-38(17-13-36)42-10-5-11-43(42)44(50)45-39-18-14-37(15-19-39)21-23-47-26-30-49(31-27-47)41-9-4-7-35(2)33-41;7-6(8)5-3-1-2-4-5/h3-4,6-9,32-33,36-39H,5,10-31H2,1-2H3,(H,45,50);1-2,5H,3-4H2,(H,7,8). The number of carboxylic acids is 1. The quantitative estimate of drug-likeness (QED) is 0.208. The molecule has 2 saturated heterocycles. The van der Waals surface area contributed by atoms with Crippen LogP contribution in [-0.4, -0.2) is 98.3 Å². The van der Waals surface area contributed by atoms with Crippen molar-refractivity contribution in [2.24, 2.45) is 23.7 Å². The molecule has 8 rings (SSSR count). The Balaban J connectivity index is 0.000000573. The number of rotatable bonds is 12. The third-order valence-corrected chi connectivity index (χ3v) is 14.6. The zero-order chi connectivity index (χ0) is 40.3. The monoisotopic (exact) mass is 792 g/mol. The van der Waals surface area contributed by atoms with E-state index in [2.05, 4.69) is 87.3 Å². The van der Waals surface area contributed by atoms with E-state index in [1.165, 1.54) is 125 Å². The second-order valence-corrected chi connectivity index (χ2v) is 18.7. The van der Waals surface area contributed by atoms with Crippen LogP contribution >= 0.6 is 0 Å². The smallest absolute Gasteiger partial charge is 0.307 e. The molecule has 2 aromatic rings. The molecular weight excluding hydrogens is 719 g/mol. The highest BCUT2D eigenvalue weighted by atomic mass is 16.4. The van der Waals surface area contributed by atoms with Gasteiger partial charge in [-0.25, -0.2) is 0 Å². The molecule has 0 bridgehead atoms. The van der Waals surface area contributed by atoms with E-state index < -0.39 is 5.97 Å². The van der Waals surface area contributed by atoms with Crippen LogP contribution in [0.1, 0.15) is 107 Å². The van der Waals surface area contributed by atoms with E-state index >= 15 is 0 Å². The van der Waals surface area contributed by atoms with Crippen molar-refractivity contribution in [2.45, 2.75) is 116 Å². The van der Waals surface area contributed by atoms with Crippen LogP contribution in [0.2, 0.25) is 0 Å². The van der Waals surface area contributed by atoms with Crippen molar-refractivity contribution in [3.8, 4) is 0 Å². The van der Waals surface area contributed by atoms with Crippen LogP contribution < -0.4 is 15.1 Å². The molecule has 0 spiro atoms. The number of allylic oxidation sites excluding steroid dienone is 3. The van der Waals surface area contributed by atoms with Crippen molar-refractivity contribution >= 4 is 23.3 Å². The summed E-state index contributed by atoms with van der Waals surface area (Å²) in [4.78, 5) is 34.2. The number of aryl methyl sites for hydroxylation is 2. The van der Waals surface area contributed by atoms with Gasteiger partial charge < -0.3 is 20.2 Å². The normalized spacial score (nSPS) is 26.1. The Morgan fingerprint density at radius 3 is 1.62 bits per heavy atom. The van der Waals surface area contributed by atoms with Gasteiger partial charge in [-0.1, -0.05) is 42.0 Å². The number of benzene rings is 2. The lowest BCUT2D eigenvalue weighted by Gasteiger charge is -2.37. The molecule has 8 nitrogen and oxygen atoms in total. The first-order valence-electron chi connectivity index (χ1n) is 23.3. The maximum Gasteiger partial charge on any atom is 0.307 e. The maximum absolute atomic E-state index is 13.6. The topological polar surface area (TPSA) is 79.4 Å². The first-order chi connectivity index (χ1) is 28.3. The molecule has 2 heterocycles. The number of aliphatic carboxylic acids is 1. The summed E-state index contributed by atoms with van der Waals surface area (Å²) < 4.78 is 0. The van der Waals surface area contributed by atoms with Crippen LogP contribution in [0.4, 0.5) is 11.4 Å². The Morgan fingerprint density at radius 1 is 0.655 bits per heavy atom. The van der Waals surface area contributed by atoms with E-state index in [1.807, 2.05) is 12.2 Å². The minimum atomic E-state index is -0.671. The lowest BCUT2D eigenvalue weighted by Crippen LogP contribution is -2.47. The van der Waals surface area contributed by atoms with Crippen LogP contribution in [0, 0.1) is 37.5 Å². The van der Waals surface area contributed by atoms with Crippen LogP contribution in [0.5, 0.6) is 0 Å². The molecule has 0 unspecified atom stereocenters. The highest BCUT2D eigenvalue weighted by Crippen LogP contribution is 2.42. The summed E-state index contributed by atoms with van der Waals surface area (Å²) in [5.41, 5.74) is 8.19. The predicted molar refractivity (Wildman–Crippen MR) is 239 cm³/mol. The molecule has 58 heavy (non-hydrogen) atoms. The van der Waals surface area contributed by atoms with Gasteiger partial charge in [0.05, 0.1) is 5.92 Å². The Hall–Kier alpha value is -3.62. The van der Waals surface area contributed by atoms with Crippen LogP contribution in [0.15, 0.2) is 71.8 Å². The zero-order valence-electron chi connectivity index (χ0n) is 35.9. The first-order valence-corrected chi connectivity index (χ1v) is 23.3. The van der Waals surface area contributed by atoms with E-state index in [-0.39, 0.29) is 5.92 Å². The molecule has 4 fully saturated rings. The van der Waals surface area contributed by atoms with Gasteiger partial charge in [0.25, 0.3) is 0 Å². The molecule has 4 aliphatic carbocycles. The first kappa shape index (κ1) is 42.5. The highest BCUT2D eigenvalue weighted by molar-refractivity contribution is 5.95. The van der Waals surface area contributed by atoms with Gasteiger partial charge in [0.15, 0.2) is 0 Å². The van der Waals surface area contributed by atoms with Crippen molar-refractivity contribution in [3.63, 3.8) is 0 Å². The average molecular weight is 792 g/mol. The summed E-state index contributed by atoms with van der Waals surface area (Å²) in [6.45, 7) is 16.1. The largest absolute Gasteiger partial charge is 0.481 e. The van der Waals surface area contributed by atoms with E-state index in [4.69, 9.17) is 5.11 Å². The summed E-state index contributed by atoms with van der Waals surface area (Å²) in [6, 6.07) is 18.3. The van der Waals surface area contributed by atoms with Gasteiger partial charge in [-0.05, 0) is 176 Å². The third kappa shape index (κ3) is 12.0. The Bertz CT molecular complexity index is 1680. The lowest BCUT2D eigenvalue weighted by molar-refractivity contribution is -0.141. The zero-order valence-corrected chi connectivity index (χ0v) is 35.9. The van der Waals surface area contributed by atoms with Crippen LogP contribution in [0.3, 0.4) is 0 Å². The number of carboxylic acid groups (broad SMARTS) is 1. The number of carbonyl (C=O) groups is 2. The molecule has 8 heteroatoms. The summed E-state index contributed by atoms with van der Waals surface area (Å²) in [5.74, 6) is 1.82. The lowest BCUT2D eigenvalue weighted by atomic mass is 9.76. The molecule has 0 radical (unpaired) electrons. The fraction of sp³-hybridized carbons (Fsp3) is 0.640. The van der Waals surface area contributed by atoms with Gasteiger partial charge in [-0.15, -0.1) is 0 Å². The number of hydrogen-bond donors (Lipinski definition) is 2. The number of carbonyl (C=O) groups excluding carboxylic acids is 1. The summed E-state index contributed by atoms with van der Waals surface area (Å²) in [7, 11) is 0. The van der Waals surface area contributed by atoms with Gasteiger partial charge in [0.2, 0.25) is 5.91 Å². The maximum atomic E-state index is 13.6. The van der Waals surface area contributed by atoms with Crippen LogP contribution in [0.25, 0.3) is 0 Å². The number of hydrogen-bond acceptors (Lipinski definition) is 6. The van der Waals surface area contributed by atoms with Crippen molar-refractivity contribution in [1.29, 1.82) is 0 Å². The molecule has 2 aromatic carbocycles. The summed E-state index contributed by atoms with van der Waals surface area (Å²) in [6.07, 6.45) is 21.4. The number of nitrogens with zero attached hydrogens (tertiary/aromatic N) is 4. The fourth-order valence-corrected chi connectivity index (χ4v) is 10.8. The Morgan fingerprint density at radius 2 is 1.16 bits per heavy atom. The molecule has 2 aliphatic heterocycles. The van der Waals surface area contributed by atoms with Crippen molar-refractivity contribution in [3.05, 3.63) is 83.0 Å². The number of anilines is 2. The molecule has 0 atom stereocenters. The summed E-state index contributed by atoms with van der Waals surface area (Å²) in [5, 5.41) is 11.9. The van der Waals surface area contributed by atoms with Gasteiger partial charge in [0.1, 0.15) is 0 Å². The molecule has 316 valence electrons. The fourth-order valence-electron chi connectivity index (χ4n) is 10.8. The molecule has 2 N–H and O–H groups in total. The molecule has 6 aliphatic rings. The second-order valence-electron chi connectivity index (χ2n) is 18.7. The van der Waals surface area contributed by atoms with Gasteiger partial charge in [0, 0.05) is 75.3 Å². The van der Waals surface area contributed by atoms with E-state index in [1.54, 1.807) is 5.57 Å². The highest BCUT2D eigenvalue weighted by Gasteiger charge is 2.32. The minimum Gasteiger partial charge on any atom is -0.481 e. The molecular formula is C50H73N5O3. The van der Waals surface area contributed by atoms with Crippen molar-refractivity contribution in [2.75, 3.05) is 75.2 Å². The third-order valence-electron chi connectivity index (χ3n) is 14.6. The SMILES string of the molecule is Cc1cccc(N2CCN(CCC3CCC(NC(=O)C4=C(C5CCC(CCN6CCN(c7cccc(C)c7)CC6)CC5)CCC4)CC3)CC2)c1.O=C(O)C1CC=CC1. The van der Waals surface area contributed by atoms with Gasteiger partial charge in [-0.3, -0.25) is 19.4 Å². The summed E-state index contributed by atoms with van der Waals surface area (Å²) >= 11 is 0. The Kier molecular flexibility index (Phi) is 15.4. The molecule has 0 aromatic heterocycles. The molecule has 2 saturated carbocycles. The average Bonchev–Trinajstić information content (AvgIpc) is 3.98.